The number of amidine groups is 1. The summed E-state index contributed by atoms with van der Waals surface area (Å²) in [4.78, 5) is 14.5. The van der Waals surface area contributed by atoms with Crippen LogP contribution in [0.5, 0.6) is 0 Å². The minimum absolute atomic E-state index is 0.0490. The molecule has 6 nitrogen and oxygen atoms in total. The van der Waals surface area contributed by atoms with E-state index in [9.17, 15) is 13.2 Å². The van der Waals surface area contributed by atoms with E-state index < -0.39 is 10.0 Å². The molecular formula is C18H21N3O3S. The number of anilines is 1. The van der Waals surface area contributed by atoms with Gasteiger partial charge in [-0.05, 0) is 36.1 Å². The van der Waals surface area contributed by atoms with E-state index in [4.69, 9.17) is 0 Å². The van der Waals surface area contributed by atoms with Crippen molar-refractivity contribution in [1.29, 1.82) is 0 Å². The van der Waals surface area contributed by atoms with Crippen molar-refractivity contribution < 1.29 is 13.2 Å². The number of hydrogen-bond donors (Lipinski definition) is 1. The predicted molar refractivity (Wildman–Crippen MR) is 98.9 cm³/mol. The maximum atomic E-state index is 12.8. The molecule has 2 heterocycles. The fourth-order valence-corrected chi connectivity index (χ4v) is 3.83. The standard InChI is InChI=1S/C18H21N3O3S/c1-3-13(2)14-7-4-5-9-16(14)19-18(22)15-8-6-10-21-11-12-25(23,24)20-17(15)21/h4-10,13H,3,11-12H2,1-2H3,(H,19,22)/t13-/m0/s1. The molecule has 0 aliphatic carbocycles. The van der Waals surface area contributed by atoms with Crippen molar-refractivity contribution in [1.82, 2.24) is 4.90 Å². The Hall–Kier alpha value is -2.41. The van der Waals surface area contributed by atoms with Gasteiger partial charge in [0.1, 0.15) is 0 Å². The zero-order chi connectivity index (χ0) is 18.0. The first-order valence-corrected chi connectivity index (χ1v) is 9.90. The molecule has 2 aliphatic heterocycles. The van der Waals surface area contributed by atoms with Crippen molar-refractivity contribution >= 4 is 27.5 Å². The lowest BCUT2D eigenvalue weighted by atomic mass is 9.96. The Morgan fingerprint density at radius 2 is 2.12 bits per heavy atom. The number of benzene rings is 1. The second-order valence-electron chi connectivity index (χ2n) is 6.17. The molecule has 0 spiro atoms. The van der Waals surface area contributed by atoms with Crippen LogP contribution in [0, 0.1) is 0 Å². The van der Waals surface area contributed by atoms with Crippen LogP contribution in [0.15, 0.2) is 52.6 Å². The fraction of sp³-hybridized carbons (Fsp3) is 0.333. The predicted octanol–water partition coefficient (Wildman–Crippen LogP) is 2.64. The van der Waals surface area contributed by atoms with Crippen LogP contribution in [0.25, 0.3) is 0 Å². The number of para-hydroxylation sites is 1. The normalized spacial score (nSPS) is 19.5. The maximum Gasteiger partial charge on any atom is 0.259 e. The highest BCUT2D eigenvalue weighted by atomic mass is 32.2. The minimum atomic E-state index is -3.53. The highest BCUT2D eigenvalue weighted by Crippen LogP contribution is 2.27. The molecule has 1 aromatic rings. The molecule has 1 N–H and O–H groups in total. The molecule has 1 aromatic carbocycles. The summed E-state index contributed by atoms with van der Waals surface area (Å²) in [6.45, 7) is 4.50. The molecular weight excluding hydrogens is 338 g/mol. The number of rotatable bonds is 4. The quantitative estimate of drug-likeness (QED) is 0.896. The lowest BCUT2D eigenvalue weighted by molar-refractivity contribution is -0.112. The zero-order valence-electron chi connectivity index (χ0n) is 14.3. The van der Waals surface area contributed by atoms with Crippen LogP contribution < -0.4 is 5.32 Å². The van der Waals surface area contributed by atoms with Crippen molar-refractivity contribution in [2.75, 3.05) is 17.6 Å². The largest absolute Gasteiger partial charge is 0.331 e. The van der Waals surface area contributed by atoms with E-state index >= 15 is 0 Å². The summed E-state index contributed by atoms with van der Waals surface area (Å²) >= 11 is 0. The van der Waals surface area contributed by atoms with Crippen LogP contribution in [0.2, 0.25) is 0 Å². The summed E-state index contributed by atoms with van der Waals surface area (Å²) in [5.74, 6) is 0.0842. The maximum absolute atomic E-state index is 12.8. The number of carbonyl (C=O) groups is 1. The second-order valence-corrected chi connectivity index (χ2v) is 7.92. The van der Waals surface area contributed by atoms with Gasteiger partial charge in [0.2, 0.25) is 0 Å². The SMILES string of the molecule is CC[C@H](C)c1ccccc1NC(=O)C1=CC=CN2CCS(=O)(=O)N=C12. The Kier molecular flexibility index (Phi) is 4.76. The summed E-state index contributed by atoms with van der Waals surface area (Å²) in [5.41, 5.74) is 2.05. The summed E-state index contributed by atoms with van der Waals surface area (Å²) in [7, 11) is -3.53. The van der Waals surface area contributed by atoms with Gasteiger partial charge < -0.3 is 10.2 Å². The molecule has 0 saturated carbocycles. The molecule has 0 radical (unpaired) electrons. The zero-order valence-corrected chi connectivity index (χ0v) is 15.1. The third-order valence-corrected chi connectivity index (χ3v) is 5.60. The van der Waals surface area contributed by atoms with Gasteiger partial charge in [0.05, 0.1) is 11.3 Å². The molecule has 2 aliphatic rings. The lowest BCUT2D eigenvalue weighted by Crippen LogP contribution is -2.40. The summed E-state index contributed by atoms with van der Waals surface area (Å²) in [6, 6.07) is 7.66. The van der Waals surface area contributed by atoms with Crippen LogP contribution in [0.3, 0.4) is 0 Å². The van der Waals surface area contributed by atoms with Gasteiger partial charge in [-0.3, -0.25) is 4.79 Å². The highest BCUT2D eigenvalue weighted by Gasteiger charge is 2.30. The third-order valence-electron chi connectivity index (χ3n) is 4.45. The number of sulfonamides is 1. The number of fused-ring (bicyclic) bond motifs is 1. The molecule has 0 bridgehead atoms. The molecule has 132 valence electrons. The number of nitrogens with one attached hydrogen (secondary N) is 1. The van der Waals surface area contributed by atoms with Gasteiger partial charge in [-0.15, -0.1) is 4.40 Å². The van der Waals surface area contributed by atoms with Crippen molar-refractivity contribution in [3.05, 3.63) is 53.8 Å². The highest BCUT2D eigenvalue weighted by molar-refractivity contribution is 7.90. The van der Waals surface area contributed by atoms with E-state index in [-0.39, 0.29) is 23.1 Å². The Morgan fingerprint density at radius 1 is 1.36 bits per heavy atom. The fourth-order valence-electron chi connectivity index (χ4n) is 2.84. The third kappa shape index (κ3) is 3.66. The summed E-state index contributed by atoms with van der Waals surface area (Å²) < 4.78 is 27.4. The topological polar surface area (TPSA) is 78.8 Å². The second kappa shape index (κ2) is 6.84. The van der Waals surface area contributed by atoms with Crippen LogP contribution in [0.4, 0.5) is 5.69 Å². The molecule has 1 atom stereocenters. The smallest absolute Gasteiger partial charge is 0.259 e. The summed E-state index contributed by atoms with van der Waals surface area (Å²) in [6.07, 6.45) is 6.01. The Morgan fingerprint density at radius 3 is 2.88 bits per heavy atom. The molecule has 0 unspecified atom stereocenters. The van der Waals surface area contributed by atoms with Crippen molar-refractivity contribution in [3.63, 3.8) is 0 Å². The lowest BCUT2D eigenvalue weighted by Gasteiger charge is -2.28. The Labute approximate surface area is 148 Å². The van der Waals surface area contributed by atoms with Crippen molar-refractivity contribution in [2.24, 2.45) is 4.40 Å². The molecule has 0 aromatic heterocycles. The first kappa shape index (κ1) is 17.4. The van der Waals surface area contributed by atoms with E-state index in [1.165, 1.54) is 0 Å². The van der Waals surface area contributed by atoms with Gasteiger partial charge in [0, 0.05) is 18.4 Å². The van der Waals surface area contributed by atoms with E-state index in [1.807, 2.05) is 24.3 Å². The molecule has 0 saturated heterocycles. The Bertz CT molecular complexity index is 885. The molecule has 1 amide bonds. The number of carbonyl (C=O) groups excluding carboxylic acids is 1. The molecule has 3 rings (SSSR count). The van der Waals surface area contributed by atoms with Gasteiger partial charge in [-0.2, -0.15) is 0 Å². The van der Waals surface area contributed by atoms with E-state index in [1.54, 1.807) is 23.3 Å². The average molecular weight is 359 g/mol. The minimum Gasteiger partial charge on any atom is -0.331 e. The number of allylic oxidation sites excluding steroid dienone is 2. The Balaban J connectivity index is 1.91. The van der Waals surface area contributed by atoms with Gasteiger partial charge in [0.25, 0.3) is 15.9 Å². The number of nitrogens with zero attached hydrogens (tertiary/aromatic N) is 2. The first-order chi connectivity index (χ1) is 11.9. The van der Waals surface area contributed by atoms with Gasteiger partial charge in [-0.1, -0.05) is 32.0 Å². The van der Waals surface area contributed by atoms with Crippen molar-refractivity contribution in [2.45, 2.75) is 26.2 Å². The molecule has 0 fully saturated rings. The first-order valence-electron chi connectivity index (χ1n) is 8.29. The number of hydrogen-bond acceptors (Lipinski definition) is 4. The van der Waals surface area contributed by atoms with Crippen molar-refractivity contribution in [3.8, 4) is 0 Å². The van der Waals surface area contributed by atoms with Crippen LogP contribution in [-0.4, -0.2) is 37.4 Å². The van der Waals surface area contributed by atoms with E-state index in [2.05, 4.69) is 23.6 Å². The molecule has 25 heavy (non-hydrogen) atoms. The van der Waals surface area contributed by atoms with E-state index in [0.717, 1.165) is 17.7 Å². The van der Waals surface area contributed by atoms with E-state index in [0.29, 0.717) is 12.5 Å². The van der Waals surface area contributed by atoms with Crippen LogP contribution in [-0.2, 0) is 14.8 Å². The van der Waals surface area contributed by atoms with Gasteiger partial charge in [0.15, 0.2) is 5.84 Å². The van der Waals surface area contributed by atoms with Gasteiger partial charge in [-0.25, -0.2) is 8.42 Å². The average Bonchev–Trinajstić information content (AvgIpc) is 2.60. The number of amides is 1. The van der Waals surface area contributed by atoms with Crippen LogP contribution in [0.1, 0.15) is 31.7 Å². The van der Waals surface area contributed by atoms with Gasteiger partial charge >= 0.3 is 0 Å². The molecule has 7 heteroatoms. The monoisotopic (exact) mass is 359 g/mol. The van der Waals surface area contributed by atoms with Crippen LogP contribution >= 0.6 is 0 Å². The summed E-state index contributed by atoms with van der Waals surface area (Å²) in [5, 5.41) is 2.91.